The molecule has 0 saturated carbocycles. The average molecular weight is 210 g/mol. The predicted molar refractivity (Wildman–Crippen MR) is 62.4 cm³/mol. The van der Waals surface area contributed by atoms with Gasteiger partial charge >= 0.3 is 5.97 Å². The van der Waals surface area contributed by atoms with E-state index in [2.05, 4.69) is 18.8 Å². The SMILES string of the molecule is CCCCCC#CCCOC(=O)CCC. The highest BCUT2D eigenvalue weighted by Crippen LogP contribution is 1.97. The van der Waals surface area contributed by atoms with Gasteiger partial charge in [0.25, 0.3) is 0 Å². The molecule has 0 atom stereocenters. The highest BCUT2D eigenvalue weighted by molar-refractivity contribution is 5.69. The molecule has 0 N–H and O–H groups in total. The molecule has 0 aliphatic carbocycles. The zero-order valence-electron chi connectivity index (χ0n) is 9.97. The summed E-state index contributed by atoms with van der Waals surface area (Å²) >= 11 is 0. The number of ether oxygens (including phenoxy) is 1. The first-order chi connectivity index (χ1) is 7.31. The van der Waals surface area contributed by atoms with Crippen LogP contribution >= 0.6 is 0 Å². The summed E-state index contributed by atoms with van der Waals surface area (Å²) in [7, 11) is 0. The van der Waals surface area contributed by atoms with Crippen LogP contribution in [0.3, 0.4) is 0 Å². The highest BCUT2D eigenvalue weighted by atomic mass is 16.5. The molecule has 2 heteroatoms. The second-order valence-corrected chi connectivity index (χ2v) is 3.53. The summed E-state index contributed by atoms with van der Waals surface area (Å²) in [4.78, 5) is 10.9. The summed E-state index contributed by atoms with van der Waals surface area (Å²) in [5.41, 5.74) is 0. The molecule has 86 valence electrons. The minimum atomic E-state index is -0.106. The molecule has 0 aliphatic rings. The molecule has 2 nitrogen and oxygen atoms in total. The Bertz CT molecular complexity index is 210. The van der Waals surface area contributed by atoms with Crippen molar-refractivity contribution in [1.29, 1.82) is 0 Å². The van der Waals surface area contributed by atoms with Gasteiger partial charge in [0.15, 0.2) is 0 Å². The van der Waals surface area contributed by atoms with Gasteiger partial charge in [-0.3, -0.25) is 4.79 Å². The third-order valence-corrected chi connectivity index (χ3v) is 1.97. The van der Waals surface area contributed by atoms with Crippen LogP contribution in [0.2, 0.25) is 0 Å². The van der Waals surface area contributed by atoms with Gasteiger partial charge in [-0.15, -0.1) is 5.92 Å². The summed E-state index contributed by atoms with van der Waals surface area (Å²) in [5.74, 6) is 5.99. The largest absolute Gasteiger partial charge is 0.465 e. The fourth-order valence-electron chi connectivity index (χ4n) is 1.13. The number of hydrogen-bond acceptors (Lipinski definition) is 2. The summed E-state index contributed by atoms with van der Waals surface area (Å²) in [5, 5.41) is 0. The molecule has 0 aromatic carbocycles. The Hall–Kier alpha value is -0.970. The van der Waals surface area contributed by atoms with Crippen molar-refractivity contribution in [2.45, 2.75) is 58.8 Å². The van der Waals surface area contributed by atoms with Crippen LogP contribution < -0.4 is 0 Å². The molecule has 0 aromatic rings. The maximum absolute atomic E-state index is 10.9. The fraction of sp³-hybridized carbons (Fsp3) is 0.769. The van der Waals surface area contributed by atoms with E-state index in [1.165, 1.54) is 19.3 Å². The van der Waals surface area contributed by atoms with Crippen molar-refractivity contribution in [3.8, 4) is 11.8 Å². The van der Waals surface area contributed by atoms with Crippen molar-refractivity contribution in [2.75, 3.05) is 6.61 Å². The number of hydrogen-bond donors (Lipinski definition) is 0. The van der Waals surface area contributed by atoms with E-state index >= 15 is 0 Å². The van der Waals surface area contributed by atoms with Crippen LogP contribution in [0, 0.1) is 11.8 Å². The molecular weight excluding hydrogens is 188 g/mol. The number of rotatable bonds is 7. The van der Waals surface area contributed by atoms with Crippen molar-refractivity contribution in [1.82, 2.24) is 0 Å². The van der Waals surface area contributed by atoms with Gasteiger partial charge in [-0.25, -0.2) is 0 Å². The van der Waals surface area contributed by atoms with Crippen molar-refractivity contribution in [3.05, 3.63) is 0 Å². The second-order valence-electron chi connectivity index (χ2n) is 3.53. The van der Waals surface area contributed by atoms with Gasteiger partial charge in [-0.1, -0.05) is 32.6 Å². The van der Waals surface area contributed by atoms with Gasteiger partial charge in [-0.05, 0) is 12.8 Å². The van der Waals surface area contributed by atoms with Gasteiger partial charge in [0.1, 0.15) is 6.61 Å². The van der Waals surface area contributed by atoms with E-state index in [0.29, 0.717) is 19.4 Å². The minimum Gasteiger partial charge on any atom is -0.465 e. The molecule has 0 heterocycles. The zero-order chi connectivity index (χ0) is 11.4. The van der Waals surface area contributed by atoms with E-state index < -0.39 is 0 Å². The Labute approximate surface area is 93.4 Å². The lowest BCUT2D eigenvalue weighted by molar-refractivity contribution is -0.143. The second kappa shape index (κ2) is 11.1. The van der Waals surface area contributed by atoms with Gasteiger partial charge in [0.2, 0.25) is 0 Å². The minimum absolute atomic E-state index is 0.106. The average Bonchev–Trinajstić information content (AvgIpc) is 2.22. The lowest BCUT2D eigenvalue weighted by Gasteiger charge is -1.99. The fourth-order valence-corrected chi connectivity index (χ4v) is 1.13. The van der Waals surface area contributed by atoms with Crippen molar-refractivity contribution >= 4 is 5.97 Å². The summed E-state index contributed by atoms with van der Waals surface area (Å²) in [6, 6.07) is 0. The van der Waals surface area contributed by atoms with E-state index in [1.807, 2.05) is 6.92 Å². The first-order valence-electron chi connectivity index (χ1n) is 5.92. The van der Waals surface area contributed by atoms with E-state index in [9.17, 15) is 4.79 Å². The predicted octanol–water partition coefficient (Wildman–Crippen LogP) is 3.30. The molecule has 0 fully saturated rings. The lowest BCUT2D eigenvalue weighted by Crippen LogP contribution is -2.04. The normalized spacial score (nSPS) is 9.20. The standard InChI is InChI=1S/C13H22O2/c1-3-5-6-7-8-9-10-12-15-13(14)11-4-2/h3-7,10-12H2,1-2H3. The first kappa shape index (κ1) is 14.0. The number of carbonyl (C=O) groups excluding carboxylic acids is 1. The Balaban J connectivity index is 3.25. The van der Waals surface area contributed by atoms with Crippen LogP contribution in [0.4, 0.5) is 0 Å². The van der Waals surface area contributed by atoms with E-state index in [0.717, 1.165) is 12.8 Å². The Morgan fingerprint density at radius 1 is 1.07 bits per heavy atom. The Morgan fingerprint density at radius 3 is 2.47 bits per heavy atom. The van der Waals surface area contributed by atoms with Crippen LogP contribution in [-0.4, -0.2) is 12.6 Å². The quantitative estimate of drug-likeness (QED) is 0.366. The maximum Gasteiger partial charge on any atom is 0.305 e. The van der Waals surface area contributed by atoms with Crippen LogP contribution in [0.15, 0.2) is 0 Å². The van der Waals surface area contributed by atoms with Crippen LogP contribution in [0.25, 0.3) is 0 Å². The molecule has 0 rings (SSSR count). The molecule has 0 spiro atoms. The van der Waals surface area contributed by atoms with Gasteiger partial charge in [-0.2, -0.15) is 0 Å². The smallest absolute Gasteiger partial charge is 0.305 e. The maximum atomic E-state index is 10.9. The van der Waals surface area contributed by atoms with Gasteiger partial charge < -0.3 is 4.74 Å². The van der Waals surface area contributed by atoms with Gasteiger partial charge in [0, 0.05) is 19.3 Å². The molecule has 0 amide bonds. The van der Waals surface area contributed by atoms with Crippen LogP contribution in [0.5, 0.6) is 0 Å². The lowest BCUT2D eigenvalue weighted by atomic mass is 10.2. The van der Waals surface area contributed by atoms with Crippen molar-refractivity contribution < 1.29 is 9.53 Å². The van der Waals surface area contributed by atoms with Gasteiger partial charge in [0.05, 0.1) is 0 Å². The van der Waals surface area contributed by atoms with Crippen LogP contribution in [-0.2, 0) is 9.53 Å². The summed E-state index contributed by atoms with van der Waals surface area (Å²) < 4.78 is 4.97. The zero-order valence-corrected chi connectivity index (χ0v) is 9.97. The van der Waals surface area contributed by atoms with E-state index in [1.54, 1.807) is 0 Å². The molecule has 0 saturated heterocycles. The molecule has 0 bridgehead atoms. The molecule has 0 radical (unpaired) electrons. The van der Waals surface area contributed by atoms with Crippen molar-refractivity contribution in [2.24, 2.45) is 0 Å². The highest BCUT2D eigenvalue weighted by Gasteiger charge is 1.97. The number of unbranched alkanes of at least 4 members (excludes halogenated alkanes) is 3. The van der Waals surface area contributed by atoms with Crippen LogP contribution in [0.1, 0.15) is 58.8 Å². The summed E-state index contributed by atoms with van der Waals surface area (Å²) in [6.07, 6.45) is 6.67. The molecular formula is C13H22O2. The monoisotopic (exact) mass is 210 g/mol. The molecule has 0 aliphatic heterocycles. The topological polar surface area (TPSA) is 26.3 Å². The third-order valence-electron chi connectivity index (χ3n) is 1.97. The first-order valence-corrected chi connectivity index (χ1v) is 5.92. The Kier molecular flexibility index (Phi) is 10.4. The third kappa shape index (κ3) is 11.0. The Morgan fingerprint density at radius 2 is 1.80 bits per heavy atom. The molecule has 15 heavy (non-hydrogen) atoms. The van der Waals surface area contributed by atoms with E-state index in [4.69, 9.17) is 4.74 Å². The van der Waals surface area contributed by atoms with Crippen molar-refractivity contribution in [3.63, 3.8) is 0 Å². The van der Waals surface area contributed by atoms with E-state index in [-0.39, 0.29) is 5.97 Å². The molecule has 0 unspecified atom stereocenters. The number of esters is 1. The number of carbonyl (C=O) groups is 1. The molecule has 0 aromatic heterocycles. The summed E-state index contributed by atoms with van der Waals surface area (Å²) in [6.45, 7) is 4.59.